The third-order valence-electron chi connectivity index (χ3n) is 5.85. The normalized spacial score (nSPS) is 19.6. The second-order valence-electron chi connectivity index (χ2n) is 9.28. The monoisotopic (exact) mass is 417 g/mol. The van der Waals surface area contributed by atoms with Crippen LogP contribution in [0.15, 0.2) is 34.9 Å². The second-order valence-corrected chi connectivity index (χ2v) is 9.28. The Labute approximate surface area is 179 Å². The standard InChI is InChI=1S/C24H35NO5/c1-23(2,3)30-22(26)25-14-8-10-19(17-25)24(27,13-5-6-15-28-4)20-11-7-9-18-12-16-29-21(18)20/h7,9,11-12,16,19,27H,5-6,8,10,13-15,17H2,1-4H3/t19?,24-/m0/s1. The van der Waals surface area contributed by atoms with Crippen LogP contribution in [0.4, 0.5) is 4.79 Å². The van der Waals surface area contributed by atoms with Gasteiger partial charge in [-0.25, -0.2) is 4.79 Å². The van der Waals surface area contributed by atoms with Gasteiger partial charge in [-0.3, -0.25) is 0 Å². The molecule has 1 fully saturated rings. The minimum Gasteiger partial charge on any atom is -0.464 e. The summed E-state index contributed by atoms with van der Waals surface area (Å²) in [7, 11) is 1.69. The first kappa shape index (κ1) is 22.6. The molecule has 1 N–H and O–H groups in total. The highest BCUT2D eigenvalue weighted by Gasteiger charge is 2.43. The number of aliphatic hydroxyl groups is 1. The van der Waals surface area contributed by atoms with E-state index in [1.165, 1.54) is 0 Å². The molecule has 166 valence electrons. The molecule has 3 rings (SSSR count). The van der Waals surface area contributed by atoms with Crippen molar-refractivity contribution >= 4 is 17.1 Å². The van der Waals surface area contributed by atoms with Crippen molar-refractivity contribution in [2.24, 2.45) is 5.92 Å². The van der Waals surface area contributed by atoms with Gasteiger partial charge < -0.3 is 23.9 Å². The van der Waals surface area contributed by atoms with Crippen LogP contribution in [0.3, 0.4) is 0 Å². The molecular formula is C24H35NO5. The zero-order valence-corrected chi connectivity index (χ0v) is 18.6. The molecule has 2 aromatic rings. The molecular weight excluding hydrogens is 382 g/mol. The van der Waals surface area contributed by atoms with Crippen LogP contribution in [0.5, 0.6) is 0 Å². The molecule has 6 heteroatoms. The van der Waals surface area contributed by atoms with Crippen molar-refractivity contribution in [3.8, 4) is 0 Å². The number of nitrogens with zero attached hydrogens (tertiary/aromatic N) is 1. The Morgan fingerprint density at radius 1 is 1.27 bits per heavy atom. The number of fused-ring (bicyclic) bond motifs is 1. The first-order valence-electron chi connectivity index (χ1n) is 10.9. The second kappa shape index (κ2) is 9.40. The summed E-state index contributed by atoms with van der Waals surface area (Å²) in [6.45, 7) is 7.39. The van der Waals surface area contributed by atoms with Crippen LogP contribution in [-0.2, 0) is 15.1 Å². The fourth-order valence-electron chi connectivity index (χ4n) is 4.39. The molecule has 6 nitrogen and oxygen atoms in total. The Bertz CT molecular complexity index is 839. The third-order valence-corrected chi connectivity index (χ3v) is 5.85. The number of rotatable bonds is 7. The van der Waals surface area contributed by atoms with Crippen molar-refractivity contribution in [2.75, 3.05) is 26.8 Å². The topological polar surface area (TPSA) is 72.1 Å². The zero-order chi connectivity index (χ0) is 21.8. The molecule has 0 spiro atoms. The van der Waals surface area contributed by atoms with Crippen LogP contribution in [0.2, 0.25) is 0 Å². The van der Waals surface area contributed by atoms with Gasteiger partial charge in [0.15, 0.2) is 0 Å². The van der Waals surface area contributed by atoms with E-state index in [2.05, 4.69) is 0 Å². The summed E-state index contributed by atoms with van der Waals surface area (Å²) in [5.74, 6) is -0.1000. The number of para-hydroxylation sites is 1. The van der Waals surface area contributed by atoms with Crippen molar-refractivity contribution in [1.82, 2.24) is 4.90 Å². The number of furan rings is 1. The lowest BCUT2D eigenvalue weighted by Gasteiger charge is -2.43. The Balaban J connectivity index is 1.88. The van der Waals surface area contributed by atoms with Crippen LogP contribution < -0.4 is 0 Å². The van der Waals surface area contributed by atoms with E-state index < -0.39 is 11.2 Å². The molecule has 0 radical (unpaired) electrons. The first-order valence-corrected chi connectivity index (χ1v) is 10.9. The van der Waals surface area contributed by atoms with E-state index in [4.69, 9.17) is 13.9 Å². The molecule has 0 saturated carbocycles. The quantitative estimate of drug-likeness (QED) is 0.636. The molecule has 0 bridgehead atoms. The average Bonchev–Trinajstić information content (AvgIpc) is 3.19. The predicted octanol–water partition coefficient (Wildman–Crippen LogP) is 5.08. The van der Waals surface area contributed by atoms with E-state index in [1.807, 2.05) is 45.0 Å². The van der Waals surface area contributed by atoms with Crippen LogP contribution in [0.1, 0.15) is 58.4 Å². The van der Waals surface area contributed by atoms with Gasteiger partial charge in [0.05, 0.1) is 11.9 Å². The molecule has 1 unspecified atom stereocenters. The van der Waals surface area contributed by atoms with Gasteiger partial charge in [0.25, 0.3) is 0 Å². The van der Waals surface area contributed by atoms with E-state index in [9.17, 15) is 9.90 Å². The number of carbonyl (C=O) groups excluding carboxylic acids is 1. The molecule has 2 heterocycles. The van der Waals surface area contributed by atoms with E-state index >= 15 is 0 Å². The Morgan fingerprint density at radius 2 is 2.07 bits per heavy atom. The van der Waals surface area contributed by atoms with Gasteiger partial charge in [-0.05, 0) is 58.9 Å². The lowest BCUT2D eigenvalue weighted by Crippen LogP contribution is -2.49. The number of likely N-dealkylation sites (tertiary alicyclic amines) is 1. The summed E-state index contributed by atoms with van der Waals surface area (Å²) in [6, 6.07) is 7.82. The molecule has 1 saturated heterocycles. The van der Waals surface area contributed by atoms with Gasteiger partial charge in [0.2, 0.25) is 0 Å². The number of amides is 1. The minimum absolute atomic E-state index is 0.1000. The van der Waals surface area contributed by atoms with E-state index in [0.717, 1.165) is 42.2 Å². The smallest absolute Gasteiger partial charge is 0.410 e. The van der Waals surface area contributed by atoms with Gasteiger partial charge in [-0.1, -0.05) is 18.2 Å². The number of unbranched alkanes of at least 4 members (excludes halogenated alkanes) is 1. The summed E-state index contributed by atoms with van der Waals surface area (Å²) in [6.07, 6.45) is 5.30. The Morgan fingerprint density at radius 3 is 2.80 bits per heavy atom. The largest absolute Gasteiger partial charge is 0.464 e. The summed E-state index contributed by atoms with van der Waals surface area (Å²) in [5, 5.41) is 13.1. The molecule has 1 aliphatic rings. The van der Waals surface area contributed by atoms with E-state index in [1.54, 1.807) is 18.3 Å². The summed E-state index contributed by atoms with van der Waals surface area (Å²) < 4.78 is 16.5. The van der Waals surface area contributed by atoms with Crippen molar-refractivity contribution in [1.29, 1.82) is 0 Å². The maximum absolute atomic E-state index is 12.7. The average molecular weight is 418 g/mol. The molecule has 1 aromatic carbocycles. The summed E-state index contributed by atoms with van der Waals surface area (Å²) in [4.78, 5) is 14.4. The lowest BCUT2D eigenvalue weighted by atomic mass is 9.73. The fraction of sp³-hybridized carbons (Fsp3) is 0.625. The highest BCUT2D eigenvalue weighted by atomic mass is 16.6. The molecule has 1 aromatic heterocycles. The van der Waals surface area contributed by atoms with Crippen molar-refractivity contribution < 1.29 is 23.8 Å². The number of benzene rings is 1. The molecule has 1 amide bonds. The number of carbonyl (C=O) groups is 1. The number of ether oxygens (including phenoxy) is 2. The van der Waals surface area contributed by atoms with Gasteiger partial charge in [-0.2, -0.15) is 0 Å². The van der Waals surface area contributed by atoms with Gasteiger partial charge in [-0.15, -0.1) is 0 Å². The summed E-state index contributed by atoms with van der Waals surface area (Å²) in [5.41, 5.74) is -0.106. The number of piperidine rings is 1. The van der Waals surface area contributed by atoms with Crippen LogP contribution in [0, 0.1) is 5.92 Å². The number of methoxy groups -OCH3 is 1. The summed E-state index contributed by atoms with van der Waals surface area (Å²) >= 11 is 0. The maximum Gasteiger partial charge on any atom is 0.410 e. The van der Waals surface area contributed by atoms with Crippen LogP contribution in [-0.4, -0.2) is 48.5 Å². The Kier molecular flexibility index (Phi) is 7.09. The zero-order valence-electron chi connectivity index (χ0n) is 18.6. The highest BCUT2D eigenvalue weighted by Crippen LogP contribution is 2.42. The number of hydrogen-bond donors (Lipinski definition) is 1. The molecule has 0 aliphatic carbocycles. The van der Waals surface area contributed by atoms with Gasteiger partial charge in [0, 0.05) is 43.7 Å². The van der Waals surface area contributed by atoms with Crippen LogP contribution in [0.25, 0.3) is 11.0 Å². The highest BCUT2D eigenvalue weighted by molar-refractivity contribution is 5.81. The van der Waals surface area contributed by atoms with E-state index in [-0.39, 0.29) is 12.0 Å². The van der Waals surface area contributed by atoms with Crippen molar-refractivity contribution in [2.45, 2.75) is 64.1 Å². The fourth-order valence-corrected chi connectivity index (χ4v) is 4.39. The van der Waals surface area contributed by atoms with Gasteiger partial charge in [0.1, 0.15) is 11.2 Å². The predicted molar refractivity (Wildman–Crippen MR) is 116 cm³/mol. The molecule has 1 aliphatic heterocycles. The maximum atomic E-state index is 12.7. The lowest BCUT2D eigenvalue weighted by molar-refractivity contribution is -0.0637. The van der Waals surface area contributed by atoms with E-state index in [0.29, 0.717) is 26.1 Å². The SMILES string of the molecule is COCCCC[C@@](O)(c1cccc2ccoc12)C1CCCN(C(=O)OC(C)(C)C)C1. The van der Waals surface area contributed by atoms with Crippen molar-refractivity contribution in [3.63, 3.8) is 0 Å². The van der Waals surface area contributed by atoms with Gasteiger partial charge >= 0.3 is 6.09 Å². The van der Waals surface area contributed by atoms with Crippen molar-refractivity contribution in [3.05, 3.63) is 36.1 Å². The number of hydrogen-bond acceptors (Lipinski definition) is 5. The minimum atomic E-state index is -1.09. The molecule has 30 heavy (non-hydrogen) atoms. The Hall–Kier alpha value is -2.05. The molecule has 2 atom stereocenters. The van der Waals surface area contributed by atoms with Crippen LogP contribution >= 0.6 is 0 Å². The third kappa shape index (κ3) is 5.16. The first-order chi connectivity index (χ1) is 14.2.